The molecule has 1 aliphatic rings. The largest absolute Gasteiger partial charge is 0.481 e. The number of halogens is 1. The number of nitrogens with zero attached hydrogens (tertiary/aromatic N) is 3. The van der Waals surface area contributed by atoms with Crippen LogP contribution in [0.2, 0.25) is 0 Å². The van der Waals surface area contributed by atoms with E-state index in [1.54, 1.807) is 0 Å². The number of hydrogen-bond donors (Lipinski definition) is 2. The molecule has 122 valence electrons. The number of piperidine rings is 1. The van der Waals surface area contributed by atoms with Crippen LogP contribution in [0.15, 0.2) is 6.20 Å². The Hall–Kier alpha value is -1.32. The Bertz CT molecular complexity index is 577. The third-order valence-corrected chi connectivity index (χ3v) is 5.17. The maximum Gasteiger partial charge on any atom is 0.407 e. The van der Waals surface area contributed by atoms with Crippen LogP contribution < -0.4 is 0 Å². The van der Waals surface area contributed by atoms with Crippen LogP contribution >= 0.6 is 22.6 Å². The summed E-state index contributed by atoms with van der Waals surface area (Å²) in [4.78, 5) is 24.1. The SMILES string of the molecule is CC(C)n1cc(CC2(C(=O)O)CCN(C(=O)O)CC2)c(I)n1. The molecule has 1 amide bonds. The standard InChI is InChI=1S/C14H20IN3O4/c1-9(2)18-8-10(11(15)16-18)7-14(12(19)20)3-5-17(6-4-14)13(21)22/h8-9H,3-7H2,1-2H3,(H,19,20)(H,21,22). The van der Waals surface area contributed by atoms with Gasteiger partial charge in [-0.25, -0.2) is 4.79 Å². The van der Waals surface area contributed by atoms with Gasteiger partial charge in [0.25, 0.3) is 0 Å². The van der Waals surface area contributed by atoms with Crippen molar-refractivity contribution in [1.82, 2.24) is 14.7 Å². The quantitative estimate of drug-likeness (QED) is 0.729. The van der Waals surface area contributed by atoms with Crippen LogP contribution in [-0.2, 0) is 11.2 Å². The van der Waals surface area contributed by atoms with E-state index in [0.29, 0.717) is 19.3 Å². The first-order valence-corrected chi connectivity index (χ1v) is 8.28. The third-order valence-electron chi connectivity index (χ3n) is 4.26. The molecule has 0 aromatic carbocycles. The summed E-state index contributed by atoms with van der Waals surface area (Å²) in [5.74, 6) is -0.856. The summed E-state index contributed by atoms with van der Waals surface area (Å²) in [5, 5.41) is 23.1. The van der Waals surface area contributed by atoms with Crippen LogP contribution in [0.4, 0.5) is 4.79 Å². The number of carboxylic acids is 1. The number of rotatable bonds is 4. The van der Waals surface area contributed by atoms with Crippen molar-refractivity contribution >= 4 is 34.7 Å². The number of likely N-dealkylation sites (tertiary alicyclic amines) is 1. The maximum atomic E-state index is 11.8. The molecule has 2 heterocycles. The van der Waals surface area contributed by atoms with Crippen molar-refractivity contribution in [3.63, 3.8) is 0 Å². The van der Waals surface area contributed by atoms with Crippen molar-refractivity contribution in [2.45, 2.75) is 39.2 Å². The summed E-state index contributed by atoms with van der Waals surface area (Å²) in [7, 11) is 0. The highest BCUT2D eigenvalue weighted by Gasteiger charge is 2.43. The van der Waals surface area contributed by atoms with Crippen LogP contribution in [0.25, 0.3) is 0 Å². The minimum Gasteiger partial charge on any atom is -0.481 e. The molecule has 0 unspecified atom stereocenters. The van der Waals surface area contributed by atoms with Crippen molar-refractivity contribution in [1.29, 1.82) is 0 Å². The van der Waals surface area contributed by atoms with Gasteiger partial charge in [-0.05, 0) is 55.7 Å². The molecule has 1 aliphatic heterocycles. The topological polar surface area (TPSA) is 95.7 Å². The Morgan fingerprint density at radius 2 is 1.95 bits per heavy atom. The smallest absolute Gasteiger partial charge is 0.407 e. The number of carbonyl (C=O) groups is 2. The molecule has 1 fully saturated rings. The van der Waals surface area contributed by atoms with Gasteiger partial charge in [0.05, 0.1) is 5.41 Å². The summed E-state index contributed by atoms with van der Waals surface area (Å²) >= 11 is 2.13. The molecular weight excluding hydrogens is 401 g/mol. The van der Waals surface area contributed by atoms with E-state index < -0.39 is 17.5 Å². The zero-order chi connectivity index (χ0) is 16.5. The van der Waals surface area contributed by atoms with E-state index in [0.717, 1.165) is 9.26 Å². The second-order valence-electron chi connectivity index (χ2n) is 6.05. The highest BCUT2D eigenvalue weighted by Crippen LogP contribution is 2.36. The maximum absolute atomic E-state index is 11.8. The monoisotopic (exact) mass is 421 g/mol. The van der Waals surface area contributed by atoms with Crippen LogP contribution in [-0.4, -0.2) is 50.0 Å². The van der Waals surface area contributed by atoms with E-state index in [2.05, 4.69) is 27.7 Å². The minimum absolute atomic E-state index is 0.219. The van der Waals surface area contributed by atoms with Crippen molar-refractivity contribution in [3.8, 4) is 0 Å². The lowest BCUT2D eigenvalue weighted by Gasteiger charge is -2.37. The zero-order valence-electron chi connectivity index (χ0n) is 12.6. The van der Waals surface area contributed by atoms with E-state index in [1.807, 2.05) is 24.7 Å². The predicted molar refractivity (Wildman–Crippen MR) is 87.9 cm³/mol. The molecule has 0 radical (unpaired) electrons. The molecule has 1 saturated heterocycles. The second kappa shape index (κ2) is 6.43. The highest BCUT2D eigenvalue weighted by molar-refractivity contribution is 14.1. The predicted octanol–water partition coefficient (Wildman–Crippen LogP) is 2.46. The first-order valence-electron chi connectivity index (χ1n) is 7.20. The molecule has 1 aromatic heterocycles. The molecule has 0 atom stereocenters. The number of hydrogen-bond acceptors (Lipinski definition) is 3. The van der Waals surface area contributed by atoms with Crippen LogP contribution in [0.3, 0.4) is 0 Å². The lowest BCUT2D eigenvalue weighted by Crippen LogP contribution is -2.47. The van der Waals surface area contributed by atoms with Crippen molar-refractivity contribution < 1.29 is 19.8 Å². The minimum atomic E-state index is -0.985. The number of amides is 1. The van der Waals surface area contributed by atoms with Gasteiger partial charge < -0.3 is 15.1 Å². The molecule has 0 bridgehead atoms. The summed E-state index contributed by atoms with van der Waals surface area (Å²) in [5.41, 5.74) is 0.0111. The lowest BCUT2D eigenvalue weighted by molar-refractivity contribution is -0.151. The van der Waals surface area contributed by atoms with Crippen molar-refractivity contribution in [2.24, 2.45) is 5.41 Å². The van der Waals surface area contributed by atoms with Gasteiger partial charge in [-0.2, -0.15) is 5.10 Å². The lowest BCUT2D eigenvalue weighted by atomic mass is 9.74. The Morgan fingerprint density at radius 3 is 2.36 bits per heavy atom. The van der Waals surface area contributed by atoms with Gasteiger partial charge in [0.15, 0.2) is 0 Å². The second-order valence-corrected chi connectivity index (χ2v) is 7.07. The normalized spacial score (nSPS) is 17.7. The molecule has 1 aromatic rings. The fourth-order valence-corrected chi connectivity index (χ4v) is 3.33. The average Bonchev–Trinajstić information content (AvgIpc) is 2.80. The molecule has 0 spiro atoms. The molecule has 8 heteroatoms. The van der Waals surface area contributed by atoms with Gasteiger partial charge >= 0.3 is 12.1 Å². The number of carboxylic acid groups (broad SMARTS) is 2. The van der Waals surface area contributed by atoms with Crippen LogP contribution in [0.1, 0.15) is 38.3 Å². The molecule has 2 N–H and O–H groups in total. The first kappa shape index (κ1) is 17.0. The Labute approximate surface area is 142 Å². The van der Waals surface area contributed by atoms with Crippen LogP contribution in [0.5, 0.6) is 0 Å². The molecule has 7 nitrogen and oxygen atoms in total. The van der Waals surface area contributed by atoms with Gasteiger partial charge in [-0.15, -0.1) is 0 Å². The molecule has 0 aliphatic carbocycles. The van der Waals surface area contributed by atoms with Gasteiger partial charge in [-0.1, -0.05) is 0 Å². The fraction of sp³-hybridized carbons (Fsp3) is 0.643. The number of aromatic nitrogens is 2. The Kier molecular flexibility index (Phi) is 4.98. The Morgan fingerprint density at radius 1 is 1.36 bits per heavy atom. The summed E-state index contributed by atoms with van der Waals surface area (Å²) in [6, 6.07) is 0.219. The van der Waals surface area contributed by atoms with E-state index in [1.165, 1.54) is 4.90 Å². The highest BCUT2D eigenvalue weighted by atomic mass is 127. The third kappa shape index (κ3) is 3.36. The zero-order valence-corrected chi connectivity index (χ0v) is 14.8. The van der Waals surface area contributed by atoms with Gasteiger partial charge in [0.2, 0.25) is 0 Å². The fourth-order valence-electron chi connectivity index (χ4n) is 2.75. The Balaban J connectivity index is 2.20. The van der Waals surface area contributed by atoms with E-state index in [4.69, 9.17) is 5.11 Å². The number of aliphatic carboxylic acids is 1. The summed E-state index contributed by atoms with van der Waals surface area (Å²) in [6.07, 6.45) is 1.97. The van der Waals surface area contributed by atoms with Crippen molar-refractivity contribution in [2.75, 3.05) is 13.1 Å². The molecule has 0 saturated carbocycles. The van der Waals surface area contributed by atoms with Crippen molar-refractivity contribution in [3.05, 3.63) is 15.5 Å². The van der Waals surface area contributed by atoms with Crippen LogP contribution in [0, 0.1) is 9.12 Å². The van der Waals surface area contributed by atoms with Gasteiger partial charge in [0.1, 0.15) is 3.70 Å². The molecular formula is C14H20IN3O4. The summed E-state index contributed by atoms with van der Waals surface area (Å²) < 4.78 is 2.64. The van der Waals surface area contributed by atoms with E-state index in [-0.39, 0.29) is 19.1 Å². The summed E-state index contributed by atoms with van der Waals surface area (Å²) in [6.45, 7) is 4.56. The first-order chi connectivity index (χ1) is 10.2. The van der Waals surface area contributed by atoms with Gasteiger partial charge in [-0.3, -0.25) is 9.48 Å². The average molecular weight is 421 g/mol. The van der Waals surface area contributed by atoms with Gasteiger partial charge in [0, 0.05) is 30.9 Å². The van der Waals surface area contributed by atoms with E-state index in [9.17, 15) is 14.7 Å². The molecule has 2 rings (SSSR count). The van der Waals surface area contributed by atoms with E-state index >= 15 is 0 Å². The molecule has 22 heavy (non-hydrogen) atoms.